The van der Waals surface area contributed by atoms with Crippen LogP contribution in [0, 0.1) is 0 Å². The number of para-hydroxylation sites is 3. The lowest BCUT2D eigenvalue weighted by Crippen LogP contribution is -2.03. The van der Waals surface area contributed by atoms with Gasteiger partial charge in [0, 0.05) is 76.5 Å². The summed E-state index contributed by atoms with van der Waals surface area (Å²) in [6.07, 6.45) is 10.5. The van der Waals surface area contributed by atoms with Gasteiger partial charge in [-0.05, 0) is 31.0 Å². The molecule has 0 radical (unpaired) electrons. The molecule has 186 valence electrons. The maximum atomic E-state index is 2.45. The van der Waals surface area contributed by atoms with E-state index in [1.165, 1.54) is 55.3 Å². The van der Waals surface area contributed by atoms with Crippen molar-refractivity contribution >= 4 is 44.9 Å². The van der Waals surface area contributed by atoms with Crippen molar-refractivity contribution in [2.45, 2.75) is 53.1 Å². The van der Waals surface area contributed by atoms with E-state index < -0.39 is 0 Å². The number of aromatic nitrogens is 2. The normalized spacial score (nSPS) is 12.9. The summed E-state index contributed by atoms with van der Waals surface area (Å²) in [6.45, 7) is 9.83. The molecular weight excluding hydrogens is 450 g/mol. The van der Waals surface area contributed by atoms with Crippen LogP contribution >= 0.6 is 0 Å². The monoisotopic (exact) mass is 486 g/mol. The molecule has 0 atom stereocenters. The molecule has 1 aliphatic heterocycles. The van der Waals surface area contributed by atoms with Gasteiger partial charge in [-0.2, -0.15) is 4.58 Å². The molecule has 0 bridgehead atoms. The first kappa shape index (κ1) is 23.5. The summed E-state index contributed by atoms with van der Waals surface area (Å²) < 4.78 is 7.34. The minimum absolute atomic E-state index is 1.02. The van der Waals surface area contributed by atoms with Gasteiger partial charge in [-0.1, -0.05) is 69.3 Å². The van der Waals surface area contributed by atoms with Gasteiger partial charge in [-0.3, -0.25) is 0 Å². The third-order valence-corrected chi connectivity index (χ3v) is 7.57. The van der Waals surface area contributed by atoms with E-state index in [0.29, 0.717) is 0 Å². The highest BCUT2D eigenvalue weighted by atomic mass is 15.0. The first-order valence-electron chi connectivity index (χ1n) is 13.9. The van der Waals surface area contributed by atoms with Crippen molar-refractivity contribution in [3.8, 4) is 0 Å². The molecule has 2 aromatic heterocycles. The maximum absolute atomic E-state index is 2.45. The van der Waals surface area contributed by atoms with Crippen LogP contribution in [0.1, 0.15) is 56.7 Å². The molecule has 3 heteroatoms. The van der Waals surface area contributed by atoms with E-state index >= 15 is 0 Å². The number of benzene rings is 3. The van der Waals surface area contributed by atoms with E-state index in [2.05, 4.69) is 126 Å². The molecule has 0 saturated heterocycles. The lowest BCUT2D eigenvalue weighted by molar-refractivity contribution is -0.431. The predicted octanol–water partition coefficient (Wildman–Crippen LogP) is 8.51. The summed E-state index contributed by atoms with van der Waals surface area (Å²) in [6, 6.07) is 26.7. The second-order valence-electron chi connectivity index (χ2n) is 10.1. The van der Waals surface area contributed by atoms with Crippen LogP contribution < -0.4 is 0 Å². The number of hydrogen-bond acceptors (Lipinski definition) is 0. The molecule has 6 rings (SSSR count). The molecule has 0 spiro atoms. The van der Waals surface area contributed by atoms with Gasteiger partial charge in [0.05, 0.1) is 11.1 Å². The Kier molecular flexibility index (Phi) is 6.30. The number of aryl methyl sites for hydroxylation is 2. The fourth-order valence-electron chi connectivity index (χ4n) is 6.05. The molecule has 0 fully saturated rings. The molecule has 0 aliphatic carbocycles. The third kappa shape index (κ3) is 3.94. The number of rotatable bonds is 8. The largest absolute Gasteiger partial charge is 0.347 e. The molecule has 3 nitrogen and oxygen atoms in total. The van der Waals surface area contributed by atoms with Gasteiger partial charge in [0.15, 0.2) is 6.21 Å². The summed E-state index contributed by atoms with van der Waals surface area (Å²) in [5.74, 6) is 0. The van der Waals surface area contributed by atoms with Crippen molar-refractivity contribution in [1.82, 2.24) is 9.13 Å². The van der Waals surface area contributed by atoms with E-state index in [9.17, 15) is 0 Å². The summed E-state index contributed by atoms with van der Waals surface area (Å²) in [7, 11) is 0. The summed E-state index contributed by atoms with van der Waals surface area (Å²) in [5, 5.41) is 2.65. The predicted molar refractivity (Wildman–Crippen MR) is 158 cm³/mol. The average Bonchev–Trinajstić information content (AvgIpc) is 3.59. The molecule has 3 aromatic carbocycles. The standard InChI is InChI=1S/C34H36N3/c1-4-19-35-22-28(25-13-7-10-16-31(25)35)34(29-23-36(20-5-2)32-17-11-8-14-26(29)32)30-24-37(21-6-3)33-18-12-9-15-27(30)33/h7-18,22-24H,4-6,19-21H2,1-3H3/q+1. The summed E-state index contributed by atoms with van der Waals surface area (Å²) in [4.78, 5) is 0. The van der Waals surface area contributed by atoms with E-state index in [1.807, 2.05) is 0 Å². The van der Waals surface area contributed by atoms with E-state index in [0.717, 1.165) is 38.9 Å². The lowest BCUT2D eigenvalue weighted by Gasteiger charge is -2.09. The van der Waals surface area contributed by atoms with Crippen molar-refractivity contribution in [2.24, 2.45) is 0 Å². The minimum Gasteiger partial charge on any atom is -0.347 e. The Morgan fingerprint density at radius 1 is 0.649 bits per heavy atom. The van der Waals surface area contributed by atoms with Crippen molar-refractivity contribution in [3.63, 3.8) is 0 Å². The fourth-order valence-corrected chi connectivity index (χ4v) is 6.05. The molecule has 0 amide bonds. The maximum Gasteiger partial charge on any atom is 0.213 e. The molecule has 5 aromatic rings. The molecule has 0 N–H and O–H groups in total. The molecule has 3 heterocycles. The SMILES string of the molecule is CCCn1cc(C(=C2C=[N+](CCC)c3ccccc32)c2cn(CCC)c3ccccc23)c2ccccc21. The Labute approximate surface area is 220 Å². The highest BCUT2D eigenvalue weighted by Crippen LogP contribution is 2.43. The Balaban J connectivity index is 1.74. The first-order chi connectivity index (χ1) is 18.2. The number of nitrogens with zero attached hydrogens (tertiary/aromatic N) is 3. The van der Waals surface area contributed by atoms with Crippen LogP contribution in [0.4, 0.5) is 5.69 Å². The van der Waals surface area contributed by atoms with Gasteiger partial charge in [0.25, 0.3) is 0 Å². The zero-order chi connectivity index (χ0) is 25.4. The molecule has 0 saturated carbocycles. The Bertz CT molecular complexity index is 1570. The van der Waals surface area contributed by atoms with Crippen LogP contribution in [0.5, 0.6) is 0 Å². The molecular formula is C34H36N3+. The van der Waals surface area contributed by atoms with Crippen molar-refractivity contribution in [1.29, 1.82) is 0 Å². The van der Waals surface area contributed by atoms with Gasteiger partial charge in [0.1, 0.15) is 6.54 Å². The lowest BCUT2D eigenvalue weighted by atomic mass is 9.90. The Hall–Kier alpha value is -3.85. The highest BCUT2D eigenvalue weighted by Gasteiger charge is 2.31. The van der Waals surface area contributed by atoms with Gasteiger partial charge >= 0.3 is 0 Å². The zero-order valence-electron chi connectivity index (χ0n) is 22.2. The van der Waals surface area contributed by atoms with Crippen LogP contribution in [-0.2, 0) is 13.1 Å². The number of allylic oxidation sites excluding steroid dienone is 1. The van der Waals surface area contributed by atoms with Gasteiger partial charge in [0.2, 0.25) is 5.69 Å². The first-order valence-corrected chi connectivity index (χ1v) is 13.9. The third-order valence-electron chi connectivity index (χ3n) is 7.57. The van der Waals surface area contributed by atoms with Gasteiger partial charge in [-0.25, -0.2) is 0 Å². The minimum atomic E-state index is 1.02. The van der Waals surface area contributed by atoms with E-state index in [4.69, 9.17) is 0 Å². The topological polar surface area (TPSA) is 12.9 Å². The molecule has 0 unspecified atom stereocenters. The number of fused-ring (bicyclic) bond motifs is 3. The quantitative estimate of drug-likeness (QED) is 0.195. The number of hydrogen-bond donors (Lipinski definition) is 0. The Morgan fingerprint density at radius 3 is 1.76 bits per heavy atom. The van der Waals surface area contributed by atoms with Crippen LogP contribution in [0.25, 0.3) is 33.0 Å². The zero-order valence-corrected chi connectivity index (χ0v) is 22.2. The van der Waals surface area contributed by atoms with E-state index in [-0.39, 0.29) is 0 Å². The van der Waals surface area contributed by atoms with Crippen molar-refractivity contribution in [3.05, 3.63) is 102 Å². The average molecular weight is 487 g/mol. The highest BCUT2D eigenvalue weighted by molar-refractivity contribution is 6.26. The van der Waals surface area contributed by atoms with E-state index in [1.54, 1.807) is 0 Å². The van der Waals surface area contributed by atoms with Crippen molar-refractivity contribution in [2.75, 3.05) is 6.54 Å². The summed E-state index contributed by atoms with van der Waals surface area (Å²) >= 11 is 0. The van der Waals surface area contributed by atoms with Crippen LogP contribution in [0.3, 0.4) is 0 Å². The van der Waals surface area contributed by atoms with Gasteiger partial charge in [-0.15, -0.1) is 0 Å². The smallest absolute Gasteiger partial charge is 0.213 e. The van der Waals surface area contributed by atoms with Crippen LogP contribution in [0.15, 0.2) is 85.2 Å². The molecule has 37 heavy (non-hydrogen) atoms. The second-order valence-corrected chi connectivity index (χ2v) is 10.1. The Morgan fingerprint density at radius 2 is 1.19 bits per heavy atom. The molecule has 1 aliphatic rings. The van der Waals surface area contributed by atoms with Crippen LogP contribution in [-0.4, -0.2) is 26.5 Å². The van der Waals surface area contributed by atoms with Gasteiger partial charge < -0.3 is 9.13 Å². The second kappa shape index (κ2) is 9.89. The summed E-state index contributed by atoms with van der Waals surface area (Å²) in [5.41, 5.74) is 10.6. The van der Waals surface area contributed by atoms with Crippen molar-refractivity contribution < 1.29 is 4.58 Å². The fraction of sp³-hybridized carbons (Fsp3) is 0.265. The van der Waals surface area contributed by atoms with Crippen LogP contribution in [0.2, 0.25) is 0 Å².